The number of aliphatic hydroxyl groups is 2. The first-order valence-electron chi connectivity index (χ1n) is 13.3. The van der Waals surface area contributed by atoms with Crippen molar-refractivity contribution >= 4 is 22.6 Å². The van der Waals surface area contributed by atoms with E-state index in [4.69, 9.17) is 14.8 Å². The van der Waals surface area contributed by atoms with Crippen molar-refractivity contribution in [3.63, 3.8) is 0 Å². The van der Waals surface area contributed by atoms with Crippen LogP contribution in [0.4, 0.5) is 4.39 Å². The first-order chi connectivity index (χ1) is 20.2. The van der Waals surface area contributed by atoms with Gasteiger partial charge in [-0.2, -0.15) is 0 Å². The summed E-state index contributed by atoms with van der Waals surface area (Å²) in [4.78, 5) is 24.3. The lowest BCUT2D eigenvalue weighted by Gasteiger charge is -2.24. The molecule has 3 atom stereocenters. The van der Waals surface area contributed by atoms with E-state index in [0.29, 0.717) is 34.1 Å². The molecule has 9 nitrogen and oxygen atoms in total. The standard InChI is InChI=1S/C31H30FIN4O5/c1-17(19-6-4-3-5-7-19)28(29-34-18(2)26(35-29)24-13-10-21(33)14-25(24)32)37-30(40)27(36-31(37)41)20-8-11-23(12-9-20)42-16-22(39)15-38/h3-14,17,22,28,38-40H,15-16H2,1-2H3,(H,34,35)(H,36,41)/t17-,22+,28-/m0/s1. The minimum Gasteiger partial charge on any atom is -0.493 e. The van der Waals surface area contributed by atoms with Crippen molar-refractivity contribution in [2.75, 3.05) is 13.2 Å². The maximum absolute atomic E-state index is 14.9. The van der Waals surface area contributed by atoms with Gasteiger partial charge in [0.2, 0.25) is 5.88 Å². The van der Waals surface area contributed by atoms with Crippen LogP contribution >= 0.6 is 22.6 Å². The van der Waals surface area contributed by atoms with Gasteiger partial charge in [0.25, 0.3) is 0 Å². The molecule has 218 valence electrons. The van der Waals surface area contributed by atoms with Crippen LogP contribution in [0.15, 0.2) is 77.6 Å². The zero-order chi connectivity index (χ0) is 30.0. The summed E-state index contributed by atoms with van der Waals surface area (Å²) in [5.41, 5.74) is 2.50. The van der Waals surface area contributed by atoms with Crippen molar-refractivity contribution in [2.45, 2.75) is 31.9 Å². The van der Waals surface area contributed by atoms with Crippen molar-refractivity contribution in [1.82, 2.24) is 19.5 Å². The predicted octanol–water partition coefficient (Wildman–Crippen LogP) is 5.12. The molecular formula is C31H30FIN4O5. The molecule has 0 radical (unpaired) electrons. The van der Waals surface area contributed by atoms with Crippen LogP contribution < -0.4 is 10.4 Å². The SMILES string of the molecule is Cc1[nH]c([C@H]([C@@H](C)c2ccccc2)n2c(O)c(-c3ccc(OC[C@H](O)CO)cc3)[nH]c2=O)nc1-c1ccc(I)cc1F. The molecule has 2 aromatic heterocycles. The first kappa shape index (κ1) is 29.5. The van der Waals surface area contributed by atoms with Crippen molar-refractivity contribution in [3.8, 4) is 34.1 Å². The fraction of sp³-hybridized carbons (Fsp3) is 0.226. The molecule has 3 aromatic carbocycles. The Labute approximate surface area is 254 Å². The van der Waals surface area contributed by atoms with Crippen molar-refractivity contribution < 1.29 is 24.4 Å². The fourth-order valence-corrected chi connectivity index (χ4v) is 5.40. The van der Waals surface area contributed by atoms with Crippen LogP contribution in [0.2, 0.25) is 0 Å². The van der Waals surface area contributed by atoms with E-state index in [1.165, 1.54) is 10.6 Å². The van der Waals surface area contributed by atoms with E-state index in [0.717, 1.165) is 9.13 Å². The summed E-state index contributed by atoms with van der Waals surface area (Å²) < 4.78 is 22.4. The molecule has 0 aliphatic rings. The van der Waals surface area contributed by atoms with Gasteiger partial charge in [0.1, 0.15) is 41.8 Å². The number of halogens is 2. The van der Waals surface area contributed by atoms with Crippen LogP contribution in [0.1, 0.15) is 36.0 Å². The minimum absolute atomic E-state index is 0.0793. The molecule has 0 spiro atoms. The van der Waals surface area contributed by atoms with Gasteiger partial charge in [-0.3, -0.25) is 4.57 Å². The number of rotatable bonds is 10. The summed E-state index contributed by atoms with van der Waals surface area (Å²) in [5, 5.41) is 30.0. The van der Waals surface area contributed by atoms with E-state index in [-0.39, 0.29) is 24.1 Å². The Morgan fingerprint density at radius 1 is 1.07 bits per heavy atom. The fourth-order valence-electron chi connectivity index (χ4n) is 4.95. The number of aliphatic hydroxyl groups excluding tert-OH is 2. The topological polar surface area (TPSA) is 136 Å². The Hall–Kier alpha value is -3.94. The lowest BCUT2D eigenvalue weighted by molar-refractivity contribution is 0.0536. The van der Waals surface area contributed by atoms with Crippen LogP contribution in [0.3, 0.4) is 0 Å². The van der Waals surface area contributed by atoms with Gasteiger partial charge in [0.15, 0.2) is 0 Å². The number of aromatic amines is 2. The quantitative estimate of drug-likeness (QED) is 0.130. The van der Waals surface area contributed by atoms with Crippen LogP contribution in [-0.4, -0.2) is 54.2 Å². The summed E-state index contributed by atoms with van der Waals surface area (Å²) in [6.45, 7) is 3.24. The van der Waals surface area contributed by atoms with Gasteiger partial charge in [-0.1, -0.05) is 37.3 Å². The molecule has 5 N–H and O–H groups in total. The molecule has 5 rings (SSSR count). The van der Waals surface area contributed by atoms with Crippen LogP contribution in [-0.2, 0) is 0 Å². The highest BCUT2D eigenvalue weighted by Crippen LogP contribution is 2.39. The monoisotopic (exact) mass is 684 g/mol. The van der Waals surface area contributed by atoms with Gasteiger partial charge >= 0.3 is 5.69 Å². The first-order valence-corrected chi connectivity index (χ1v) is 14.4. The Bertz CT molecular complexity index is 1730. The van der Waals surface area contributed by atoms with Gasteiger partial charge in [-0.05, 0) is 77.5 Å². The molecule has 0 bridgehead atoms. The number of benzene rings is 3. The molecule has 11 heteroatoms. The number of aromatic nitrogens is 4. The number of hydrogen-bond acceptors (Lipinski definition) is 6. The third kappa shape index (κ3) is 5.98. The largest absolute Gasteiger partial charge is 0.493 e. The molecule has 0 amide bonds. The molecule has 0 fully saturated rings. The lowest BCUT2D eigenvalue weighted by Crippen LogP contribution is -2.27. The highest BCUT2D eigenvalue weighted by Gasteiger charge is 2.32. The number of aromatic hydroxyl groups is 1. The Balaban J connectivity index is 1.58. The second-order valence-electron chi connectivity index (χ2n) is 10.0. The van der Waals surface area contributed by atoms with Crippen LogP contribution in [0, 0.1) is 16.3 Å². The van der Waals surface area contributed by atoms with Gasteiger partial charge in [0.05, 0.1) is 12.3 Å². The second kappa shape index (κ2) is 12.5. The van der Waals surface area contributed by atoms with Crippen molar-refractivity contribution in [3.05, 3.63) is 110 Å². The smallest absolute Gasteiger partial charge is 0.329 e. The molecule has 0 aliphatic carbocycles. The van der Waals surface area contributed by atoms with E-state index in [1.54, 1.807) is 43.3 Å². The van der Waals surface area contributed by atoms with Crippen LogP contribution in [0.25, 0.3) is 22.5 Å². The third-order valence-corrected chi connectivity index (χ3v) is 7.82. The molecule has 42 heavy (non-hydrogen) atoms. The third-order valence-electron chi connectivity index (χ3n) is 7.15. The van der Waals surface area contributed by atoms with Gasteiger partial charge < -0.3 is 30.0 Å². The van der Waals surface area contributed by atoms with E-state index >= 15 is 0 Å². The Morgan fingerprint density at radius 2 is 1.79 bits per heavy atom. The summed E-state index contributed by atoms with van der Waals surface area (Å²) in [5.74, 6) is -0.172. The van der Waals surface area contributed by atoms with E-state index in [9.17, 15) is 19.4 Å². The molecule has 0 saturated carbocycles. The summed E-state index contributed by atoms with van der Waals surface area (Å²) in [6, 6.07) is 20.3. The number of imidazole rings is 2. The highest BCUT2D eigenvalue weighted by molar-refractivity contribution is 14.1. The number of ether oxygens (including phenoxy) is 1. The summed E-state index contributed by atoms with van der Waals surface area (Å²) in [6.07, 6.45) is -1.00. The Morgan fingerprint density at radius 3 is 2.45 bits per heavy atom. The number of H-pyrrole nitrogens is 2. The van der Waals surface area contributed by atoms with Gasteiger partial charge in [0, 0.05) is 26.3 Å². The Kier molecular flexibility index (Phi) is 8.80. The highest BCUT2D eigenvalue weighted by atomic mass is 127. The maximum atomic E-state index is 14.9. The molecule has 0 saturated heterocycles. The van der Waals surface area contributed by atoms with E-state index in [1.807, 2.05) is 59.8 Å². The molecule has 0 unspecified atom stereocenters. The normalized spacial score (nSPS) is 13.6. The number of nitrogens with zero attached hydrogens (tertiary/aromatic N) is 2. The van der Waals surface area contributed by atoms with Gasteiger partial charge in [-0.25, -0.2) is 14.2 Å². The van der Waals surface area contributed by atoms with Crippen LogP contribution in [0.5, 0.6) is 11.6 Å². The van der Waals surface area contributed by atoms with Crippen molar-refractivity contribution in [2.24, 2.45) is 0 Å². The second-order valence-corrected chi connectivity index (χ2v) is 11.3. The van der Waals surface area contributed by atoms with Crippen molar-refractivity contribution in [1.29, 1.82) is 0 Å². The number of hydrogen-bond donors (Lipinski definition) is 5. The average molecular weight is 685 g/mol. The molecule has 0 aliphatic heterocycles. The zero-order valence-electron chi connectivity index (χ0n) is 22.9. The summed E-state index contributed by atoms with van der Waals surface area (Å²) >= 11 is 2.05. The number of aryl methyl sites for hydroxylation is 1. The maximum Gasteiger partial charge on any atom is 0.329 e. The number of nitrogens with one attached hydrogen (secondary N) is 2. The molecular weight excluding hydrogens is 654 g/mol. The zero-order valence-corrected chi connectivity index (χ0v) is 25.0. The predicted molar refractivity (Wildman–Crippen MR) is 165 cm³/mol. The molecule has 5 aromatic rings. The minimum atomic E-state index is -1.00. The van der Waals surface area contributed by atoms with Gasteiger partial charge in [-0.15, -0.1) is 0 Å². The lowest BCUT2D eigenvalue weighted by atomic mass is 9.92. The van der Waals surface area contributed by atoms with E-state index < -0.39 is 30.3 Å². The average Bonchev–Trinajstić information content (AvgIpc) is 3.51. The van der Waals surface area contributed by atoms with E-state index in [2.05, 4.69) is 9.97 Å². The molecule has 2 heterocycles. The summed E-state index contributed by atoms with van der Waals surface area (Å²) in [7, 11) is 0.